The molecule has 0 aliphatic carbocycles. The Morgan fingerprint density at radius 3 is 2.68 bits per heavy atom. The lowest BCUT2D eigenvalue weighted by molar-refractivity contribution is 0.273. The maximum atomic E-state index is 6.26. The molecule has 0 bridgehead atoms. The number of nitrogens with zero attached hydrogens (tertiary/aromatic N) is 1. The zero-order valence-corrected chi connectivity index (χ0v) is 15.3. The van der Waals surface area contributed by atoms with Crippen LogP contribution in [0.4, 0.5) is 0 Å². The molecule has 2 aromatic heterocycles. The van der Waals surface area contributed by atoms with Crippen LogP contribution in [-0.2, 0) is 11.0 Å². The number of H-pyrrole nitrogens is 1. The first-order chi connectivity index (χ1) is 8.71. The topological polar surface area (TPSA) is 37.9 Å². The average molecular weight is 388 g/mol. The molecule has 0 saturated carbocycles. The van der Waals surface area contributed by atoms with Crippen molar-refractivity contribution in [1.29, 1.82) is 0 Å². The van der Waals surface area contributed by atoms with Crippen LogP contribution in [-0.4, -0.2) is 18.3 Å². The van der Waals surface area contributed by atoms with Gasteiger partial charge in [0, 0.05) is 17.1 Å². The van der Waals surface area contributed by atoms with Crippen LogP contribution in [0.5, 0.6) is 0 Å². The summed E-state index contributed by atoms with van der Waals surface area (Å²) >= 11 is 2.29. The van der Waals surface area contributed by atoms with E-state index >= 15 is 0 Å². The number of aromatic nitrogens is 2. The maximum Gasteiger partial charge on any atom is 0.192 e. The molecular weight excluding hydrogens is 367 g/mol. The van der Waals surface area contributed by atoms with E-state index in [0.29, 0.717) is 6.61 Å². The summed E-state index contributed by atoms with van der Waals surface area (Å²) in [6, 6.07) is 4.14. The number of pyridine rings is 1. The molecule has 0 spiro atoms. The van der Waals surface area contributed by atoms with E-state index in [-0.39, 0.29) is 5.04 Å². The molecule has 0 fully saturated rings. The molecule has 1 N–H and O–H groups in total. The number of nitrogens with one attached hydrogen (secondary N) is 1. The van der Waals surface area contributed by atoms with Gasteiger partial charge in [0.1, 0.15) is 0 Å². The predicted molar refractivity (Wildman–Crippen MR) is 90.8 cm³/mol. The minimum atomic E-state index is -1.72. The lowest BCUT2D eigenvalue weighted by atomic mass is 10.2. The molecular formula is C14H21IN2OSi. The van der Waals surface area contributed by atoms with Crippen molar-refractivity contribution in [3.05, 3.63) is 27.7 Å². The highest BCUT2D eigenvalue weighted by Gasteiger charge is 2.37. The lowest BCUT2D eigenvalue weighted by Crippen LogP contribution is -2.40. The minimum Gasteiger partial charge on any atom is -0.411 e. The highest BCUT2D eigenvalue weighted by atomic mass is 127. The fourth-order valence-electron chi connectivity index (χ4n) is 1.66. The van der Waals surface area contributed by atoms with Gasteiger partial charge in [-0.25, -0.2) is 0 Å². The lowest BCUT2D eigenvalue weighted by Gasteiger charge is -2.36. The van der Waals surface area contributed by atoms with Gasteiger partial charge in [-0.2, -0.15) is 0 Å². The summed E-state index contributed by atoms with van der Waals surface area (Å²) in [5.41, 5.74) is 2.16. The Bertz CT molecular complexity index is 587. The normalized spacial score (nSPS) is 13.2. The number of halogens is 1. The van der Waals surface area contributed by atoms with Crippen LogP contribution in [0.3, 0.4) is 0 Å². The van der Waals surface area contributed by atoms with E-state index in [0.717, 1.165) is 14.9 Å². The number of rotatable bonds is 3. The third kappa shape index (κ3) is 3.20. The third-order valence-electron chi connectivity index (χ3n) is 3.97. The monoisotopic (exact) mass is 388 g/mol. The van der Waals surface area contributed by atoms with Gasteiger partial charge in [-0.1, -0.05) is 20.8 Å². The molecule has 2 heterocycles. The molecule has 0 aromatic carbocycles. The van der Waals surface area contributed by atoms with E-state index in [4.69, 9.17) is 4.43 Å². The smallest absolute Gasteiger partial charge is 0.192 e. The summed E-state index contributed by atoms with van der Waals surface area (Å²) in [4.78, 5) is 7.81. The summed E-state index contributed by atoms with van der Waals surface area (Å²) in [6.45, 7) is 11.9. The fourth-order valence-corrected chi connectivity index (χ4v) is 3.19. The second kappa shape index (κ2) is 5.18. The SMILES string of the molecule is CC(C)(C)[Si](C)(C)OCc1nccc2[nH]c(I)cc12. The Labute approximate surface area is 129 Å². The Balaban J connectivity index is 2.23. The van der Waals surface area contributed by atoms with E-state index in [9.17, 15) is 0 Å². The zero-order valence-electron chi connectivity index (χ0n) is 12.2. The van der Waals surface area contributed by atoms with Gasteiger partial charge in [-0.15, -0.1) is 0 Å². The number of aromatic amines is 1. The van der Waals surface area contributed by atoms with Crippen LogP contribution in [0.1, 0.15) is 26.5 Å². The van der Waals surface area contributed by atoms with Crippen molar-refractivity contribution in [2.45, 2.75) is 45.5 Å². The van der Waals surface area contributed by atoms with E-state index in [1.54, 1.807) is 0 Å². The van der Waals surface area contributed by atoms with Crippen molar-refractivity contribution in [1.82, 2.24) is 9.97 Å². The molecule has 0 radical (unpaired) electrons. The van der Waals surface area contributed by atoms with Crippen molar-refractivity contribution in [3.8, 4) is 0 Å². The van der Waals surface area contributed by atoms with Gasteiger partial charge < -0.3 is 9.41 Å². The summed E-state index contributed by atoms with van der Waals surface area (Å²) < 4.78 is 7.39. The van der Waals surface area contributed by atoms with E-state index in [2.05, 4.69) is 72.5 Å². The van der Waals surface area contributed by atoms with Crippen molar-refractivity contribution < 1.29 is 4.43 Å². The van der Waals surface area contributed by atoms with Gasteiger partial charge >= 0.3 is 0 Å². The summed E-state index contributed by atoms with van der Waals surface area (Å²) in [6.07, 6.45) is 1.85. The number of hydrogen-bond donors (Lipinski definition) is 1. The van der Waals surface area contributed by atoms with Crippen LogP contribution >= 0.6 is 22.6 Å². The van der Waals surface area contributed by atoms with Crippen molar-refractivity contribution in [2.75, 3.05) is 0 Å². The molecule has 19 heavy (non-hydrogen) atoms. The predicted octanol–water partition coefficient (Wildman–Crippen LogP) is 4.69. The second-order valence-electron chi connectivity index (χ2n) is 6.39. The van der Waals surface area contributed by atoms with Crippen molar-refractivity contribution >= 4 is 41.8 Å². The molecule has 2 aromatic rings. The van der Waals surface area contributed by atoms with Gasteiger partial charge in [0.15, 0.2) is 8.32 Å². The van der Waals surface area contributed by atoms with Crippen LogP contribution in [0.25, 0.3) is 10.9 Å². The molecule has 0 unspecified atom stereocenters. The van der Waals surface area contributed by atoms with Gasteiger partial charge in [0.2, 0.25) is 0 Å². The highest BCUT2D eigenvalue weighted by molar-refractivity contribution is 14.1. The van der Waals surface area contributed by atoms with Gasteiger partial charge in [0.25, 0.3) is 0 Å². The molecule has 0 saturated heterocycles. The molecule has 2 rings (SSSR count). The van der Waals surface area contributed by atoms with Crippen LogP contribution in [0, 0.1) is 3.70 Å². The molecule has 104 valence electrons. The fraction of sp³-hybridized carbons (Fsp3) is 0.500. The second-order valence-corrected chi connectivity index (χ2v) is 12.4. The number of hydrogen-bond acceptors (Lipinski definition) is 2. The van der Waals surface area contributed by atoms with Crippen molar-refractivity contribution in [2.24, 2.45) is 0 Å². The molecule has 3 nitrogen and oxygen atoms in total. The number of fused-ring (bicyclic) bond motifs is 1. The largest absolute Gasteiger partial charge is 0.411 e. The Morgan fingerprint density at radius 2 is 2.05 bits per heavy atom. The highest BCUT2D eigenvalue weighted by Crippen LogP contribution is 2.37. The Kier molecular flexibility index (Phi) is 4.09. The van der Waals surface area contributed by atoms with E-state index < -0.39 is 8.32 Å². The Morgan fingerprint density at radius 1 is 1.37 bits per heavy atom. The third-order valence-corrected chi connectivity index (χ3v) is 9.03. The summed E-state index contributed by atoms with van der Waals surface area (Å²) in [7, 11) is -1.72. The minimum absolute atomic E-state index is 0.230. The van der Waals surface area contributed by atoms with E-state index in [1.807, 2.05) is 12.3 Å². The molecule has 0 atom stereocenters. The first kappa shape index (κ1) is 15.0. The van der Waals surface area contributed by atoms with Gasteiger partial charge in [-0.3, -0.25) is 4.98 Å². The van der Waals surface area contributed by atoms with Crippen LogP contribution in [0.15, 0.2) is 18.3 Å². The average Bonchev–Trinajstić information content (AvgIpc) is 2.65. The van der Waals surface area contributed by atoms with E-state index in [1.165, 1.54) is 5.39 Å². The first-order valence-electron chi connectivity index (χ1n) is 6.47. The van der Waals surface area contributed by atoms with Crippen molar-refractivity contribution in [3.63, 3.8) is 0 Å². The van der Waals surface area contributed by atoms with Crippen LogP contribution in [0.2, 0.25) is 18.1 Å². The van der Waals surface area contributed by atoms with Gasteiger partial charge in [0.05, 0.1) is 16.0 Å². The Hall–Kier alpha value is -0.403. The maximum absolute atomic E-state index is 6.26. The summed E-state index contributed by atoms with van der Waals surface area (Å²) in [5.74, 6) is 0. The molecule has 0 amide bonds. The molecule has 5 heteroatoms. The zero-order chi connectivity index (χ0) is 14.3. The first-order valence-corrected chi connectivity index (χ1v) is 10.5. The van der Waals surface area contributed by atoms with Crippen LogP contribution < -0.4 is 0 Å². The quantitative estimate of drug-likeness (QED) is 0.612. The molecule has 0 aliphatic rings. The standard InChI is InChI=1S/C14H21IN2OSi/c1-14(2,3)19(4,5)18-9-12-10-8-13(15)17-11(10)6-7-16-12/h6-8,17H,9H2,1-5H3. The van der Waals surface area contributed by atoms with Gasteiger partial charge in [-0.05, 0) is 52.9 Å². The molecule has 0 aliphatic heterocycles. The summed E-state index contributed by atoms with van der Waals surface area (Å²) in [5, 5.41) is 1.40.